The van der Waals surface area contributed by atoms with Gasteiger partial charge in [-0.15, -0.1) is 0 Å². The summed E-state index contributed by atoms with van der Waals surface area (Å²) in [4.78, 5) is 16.8. The number of esters is 1. The Kier molecular flexibility index (Phi) is 5.69. The van der Waals surface area contributed by atoms with E-state index in [0.717, 1.165) is 11.1 Å². The number of hydrogen-bond donors (Lipinski definition) is 0. The van der Waals surface area contributed by atoms with Gasteiger partial charge in [0.15, 0.2) is 0 Å². The van der Waals surface area contributed by atoms with Crippen LogP contribution in [0.2, 0.25) is 0 Å². The van der Waals surface area contributed by atoms with Crippen molar-refractivity contribution in [3.63, 3.8) is 0 Å². The van der Waals surface area contributed by atoms with Crippen LogP contribution in [-0.4, -0.2) is 17.8 Å². The molecule has 2 aromatic rings. The fourth-order valence-corrected chi connectivity index (χ4v) is 2.19. The van der Waals surface area contributed by atoms with Crippen LogP contribution in [0.1, 0.15) is 44.4 Å². The molecule has 0 aromatic heterocycles. The molecular formula is C20H23NO2. The molecule has 0 saturated carbocycles. The zero-order valence-electron chi connectivity index (χ0n) is 13.9. The average molecular weight is 309 g/mol. The molecule has 0 heterocycles. The lowest BCUT2D eigenvalue weighted by molar-refractivity contribution is -0.155. The first-order valence-corrected chi connectivity index (χ1v) is 7.79. The molecule has 0 fully saturated rings. The van der Waals surface area contributed by atoms with Gasteiger partial charge in [-0.25, -0.2) is 0 Å². The second-order valence-corrected chi connectivity index (χ2v) is 6.41. The van der Waals surface area contributed by atoms with Crippen LogP contribution in [0.15, 0.2) is 65.7 Å². The van der Waals surface area contributed by atoms with Crippen molar-refractivity contribution in [3.8, 4) is 0 Å². The van der Waals surface area contributed by atoms with Crippen LogP contribution in [-0.2, 0) is 9.53 Å². The maximum absolute atomic E-state index is 12.2. The summed E-state index contributed by atoms with van der Waals surface area (Å²) in [6.07, 6.45) is 2.03. The zero-order valence-corrected chi connectivity index (χ0v) is 13.9. The molecule has 0 unspecified atom stereocenters. The number of aliphatic imine (C=N–C) groups is 1. The van der Waals surface area contributed by atoms with E-state index in [-0.39, 0.29) is 18.4 Å². The van der Waals surface area contributed by atoms with Gasteiger partial charge in [-0.05, 0) is 31.9 Å². The van der Waals surface area contributed by atoms with Crippen LogP contribution in [0.25, 0.3) is 0 Å². The number of nitrogens with zero attached hydrogens (tertiary/aromatic N) is 1. The van der Waals surface area contributed by atoms with E-state index in [1.807, 2.05) is 87.6 Å². The maximum atomic E-state index is 12.2. The van der Waals surface area contributed by atoms with E-state index in [1.165, 1.54) is 0 Å². The Morgan fingerprint density at radius 3 is 2.17 bits per heavy atom. The van der Waals surface area contributed by atoms with Crippen molar-refractivity contribution in [1.29, 1.82) is 0 Å². The summed E-state index contributed by atoms with van der Waals surface area (Å²) >= 11 is 0. The van der Waals surface area contributed by atoms with Gasteiger partial charge in [0.1, 0.15) is 5.60 Å². The van der Waals surface area contributed by atoms with Crippen molar-refractivity contribution in [1.82, 2.24) is 0 Å². The lowest BCUT2D eigenvalue weighted by Crippen LogP contribution is -2.24. The maximum Gasteiger partial charge on any atom is 0.308 e. The van der Waals surface area contributed by atoms with Gasteiger partial charge in [0.2, 0.25) is 0 Å². The van der Waals surface area contributed by atoms with Gasteiger partial charge in [-0.3, -0.25) is 9.79 Å². The highest BCUT2D eigenvalue weighted by molar-refractivity contribution is 5.80. The summed E-state index contributed by atoms with van der Waals surface area (Å²) < 4.78 is 5.43. The average Bonchev–Trinajstić information content (AvgIpc) is 2.51. The summed E-state index contributed by atoms with van der Waals surface area (Å²) in [5.74, 6) is -0.239. The topological polar surface area (TPSA) is 38.7 Å². The van der Waals surface area contributed by atoms with E-state index >= 15 is 0 Å². The minimum absolute atomic E-state index is 0.227. The molecule has 3 heteroatoms. The lowest BCUT2D eigenvalue weighted by atomic mass is 10.0. The quantitative estimate of drug-likeness (QED) is 0.599. The van der Waals surface area contributed by atoms with Gasteiger partial charge in [-0.2, -0.15) is 0 Å². The largest absolute Gasteiger partial charge is 0.460 e. The molecule has 0 saturated heterocycles. The molecule has 23 heavy (non-hydrogen) atoms. The highest BCUT2D eigenvalue weighted by Crippen LogP contribution is 2.23. The highest BCUT2D eigenvalue weighted by Gasteiger charge is 2.20. The van der Waals surface area contributed by atoms with E-state index in [1.54, 1.807) is 0 Å². The van der Waals surface area contributed by atoms with Crippen LogP contribution in [0, 0.1) is 0 Å². The minimum atomic E-state index is -0.485. The van der Waals surface area contributed by atoms with Crippen LogP contribution in [0.4, 0.5) is 0 Å². The molecule has 1 atom stereocenters. The standard InChI is InChI=1S/C20H23NO2/c1-20(2,3)23-19(22)14-18(17-12-8-5-9-13-17)21-15-16-10-6-4-7-11-16/h4-13,15,18H,14H2,1-3H3/t18-/m1/s1. The summed E-state index contributed by atoms with van der Waals surface area (Å²) in [5.41, 5.74) is 1.53. The number of ether oxygens (including phenoxy) is 1. The predicted molar refractivity (Wildman–Crippen MR) is 93.7 cm³/mol. The molecule has 3 nitrogen and oxygen atoms in total. The zero-order chi connectivity index (χ0) is 16.7. The Bertz CT molecular complexity index is 642. The van der Waals surface area contributed by atoms with E-state index in [4.69, 9.17) is 4.74 Å². The molecule has 0 aliphatic carbocycles. The highest BCUT2D eigenvalue weighted by atomic mass is 16.6. The minimum Gasteiger partial charge on any atom is -0.460 e. The first-order chi connectivity index (χ1) is 10.9. The Morgan fingerprint density at radius 2 is 1.61 bits per heavy atom. The summed E-state index contributed by atoms with van der Waals surface area (Å²) in [5, 5.41) is 0. The van der Waals surface area contributed by atoms with Crippen molar-refractivity contribution < 1.29 is 9.53 Å². The van der Waals surface area contributed by atoms with Gasteiger partial charge in [-0.1, -0.05) is 60.7 Å². The van der Waals surface area contributed by atoms with Crippen LogP contribution in [0.3, 0.4) is 0 Å². The molecule has 2 aromatic carbocycles. The smallest absolute Gasteiger partial charge is 0.308 e. The van der Waals surface area contributed by atoms with Crippen molar-refractivity contribution in [2.75, 3.05) is 0 Å². The second-order valence-electron chi connectivity index (χ2n) is 6.41. The van der Waals surface area contributed by atoms with Crippen molar-refractivity contribution in [2.45, 2.75) is 38.8 Å². The predicted octanol–water partition coefficient (Wildman–Crippen LogP) is 4.58. The molecule has 120 valence electrons. The molecule has 0 bridgehead atoms. The van der Waals surface area contributed by atoms with Gasteiger partial charge >= 0.3 is 5.97 Å². The summed E-state index contributed by atoms with van der Waals surface area (Å²) in [7, 11) is 0. The van der Waals surface area contributed by atoms with Crippen LogP contribution >= 0.6 is 0 Å². The molecule has 0 amide bonds. The third kappa shape index (κ3) is 6.07. The molecule has 0 aliphatic rings. The van der Waals surface area contributed by atoms with E-state index in [9.17, 15) is 4.79 Å². The van der Waals surface area contributed by atoms with Crippen molar-refractivity contribution in [3.05, 3.63) is 71.8 Å². The van der Waals surface area contributed by atoms with Gasteiger partial charge in [0.25, 0.3) is 0 Å². The first-order valence-electron chi connectivity index (χ1n) is 7.79. The van der Waals surface area contributed by atoms with Crippen LogP contribution < -0.4 is 0 Å². The number of hydrogen-bond acceptors (Lipinski definition) is 3. The van der Waals surface area contributed by atoms with Crippen LogP contribution in [0.5, 0.6) is 0 Å². The van der Waals surface area contributed by atoms with Gasteiger partial charge in [0.05, 0.1) is 12.5 Å². The molecule has 0 spiro atoms. The van der Waals surface area contributed by atoms with E-state index < -0.39 is 5.60 Å². The summed E-state index contributed by atoms with van der Waals surface area (Å²) in [6, 6.07) is 19.4. The molecule has 0 aliphatic heterocycles. The van der Waals surface area contributed by atoms with Gasteiger partial charge < -0.3 is 4.74 Å². The molecule has 0 N–H and O–H groups in total. The Hall–Kier alpha value is -2.42. The van der Waals surface area contributed by atoms with E-state index in [2.05, 4.69) is 4.99 Å². The number of rotatable bonds is 5. The Balaban J connectivity index is 2.16. The fourth-order valence-electron chi connectivity index (χ4n) is 2.19. The Labute approximate surface area is 138 Å². The number of carbonyl (C=O) groups is 1. The molecule has 2 rings (SSSR count). The monoisotopic (exact) mass is 309 g/mol. The third-order valence-corrected chi connectivity index (χ3v) is 3.17. The van der Waals surface area contributed by atoms with Crippen molar-refractivity contribution in [2.24, 2.45) is 4.99 Å². The van der Waals surface area contributed by atoms with Gasteiger partial charge in [0, 0.05) is 6.21 Å². The number of benzene rings is 2. The van der Waals surface area contributed by atoms with Crippen molar-refractivity contribution >= 4 is 12.2 Å². The SMILES string of the molecule is CC(C)(C)OC(=O)C[C@@H](N=Cc1ccccc1)c1ccccc1. The molecule has 0 radical (unpaired) electrons. The summed E-state index contributed by atoms with van der Waals surface area (Å²) in [6.45, 7) is 5.61. The molecular weight excluding hydrogens is 286 g/mol. The normalized spacial score (nSPS) is 13.0. The lowest BCUT2D eigenvalue weighted by Gasteiger charge is -2.21. The Morgan fingerprint density at radius 1 is 1.04 bits per heavy atom. The number of carbonyl (C=O) groups excluding carboxylic acids is 1. The second kappa shape index (κ2) is 7.73. The first kappa shape index (κ1) is 16.9. The van der Waals surface area contributed by atoms with E-state index in [0.29, 0.717) is 0 Å². The fraction of sp³-hybridized carbons (Fsp3) is 0.300. The third-order valence-electron chi connectivity index (χ3n) is 3.17.